The monoisotopic (exact) mass is 411 g/mol. The van der Waals surface area contributed by atoms with Crippen LogP contribution in [0.4, 0.5) is 19.1 Å². The van der Waals surface area contributed by atoms with Crippen molar-refractivity contribution in [1.82, 2.24) is 9.38 Å². The Hall–Kier alpha value is -2.58. The first kappa shape index (κ1) is 20.2. The van der Waals surface area contributed by atoms with E-state index < -0.39 is 22.9 Å². The van der Waals surface area contributed by atoms with Crippen molar-refractivity contribution in [2.45, 2.75) is 25.6 Å². The lowest BCUT2D eigenvalue weighted by atomic mass is 10.0. The predicted molar refractivity (Wildman–Crippen MR) is 102 cm³/mol. The highest BCUT2D eigenvalue weighted by molar-refractivity contribution is 6.33. The van der Waals surface area contributed by atoms with Gasteiger partial charge in [-0.3, -0.25) is 9.20 Å². The summed E-state index contributed by atoms with van der Waals surface area (Å²) >= 11 is 6.17. The second-order valence-electron chi connectivity index (χ2n) is 6.93. The summed E-state index contributed by atoms with van der Waals surface area (Å²) in [4.78, 5) is 16.7. The van der Waals surface area contributed by atoms with Gasteiger partial charge in [0.25, 0.3) is 5.56 Å². The molecule has 3 aromatic rings. The SMILES string of the molecule is CC(C)(O)CNc1nc(=O)c(-c2ccccc2Cl)c2cc(C(F)(F)F)ccn12. The number of rotatable bonds is 4. The molecule has 5 nitrogen and oxygen atoms in total. The van der Waals surface area contributed by atoms with E-state index in [1.54, 1.807) is 38.1 Å². The zero-order chi connectivity index (χ0) is 20.7. The number of aromatic nitrogens is 2. The van der Waals surface area contributed by atoms with E-state index >= 15 is 0 Å². The molecule has 0 atom stereocenters. The molecule has 3 rings (SSSR count). The van der Waals surface area contributed by atoms with Crippen LogP contribution >= 0.6 is 11.6 Å². The fraction of sp³-hybridized carbons (Fsp3) is 0.263. The Morgan fingerprint density at radius 2 is 1.89 bits per heavy atom. The Balaban J connectivity index is 2.32. The summed E-state index contributed by atoms with van der Waals surface area (Å²) in [6, 6.07) is 8.15. The zero-order valence-corrected chi connectivity index (χ0v) is 15.8. The lowest BCUT2D eigenvalue weighted by molar-refractivity contribution is -0.137. The van der Waals surface area contributed by atoms with E-state index in [-0.39, 0.29) is 34.2 Å². The number of halogens is 4. The number of aliphatic hydroxyl groups is 1. The van der Waals surface area contributed by atoms with Crippen molar-refractivity contribution in [3.05, 3.63) is 63.5 Å². The molecule has 1 aromatic carbocycles. The molecule has 0 spiro atoms. The summed E-state index contributed by atoms with van der Waals surface area (Å²) in [5, 5.41) is 12.9. The van der Waals surface area contributed by atoms with Crippen LogP contribution in [0.25, 0.3) is 16.6 Å². The third-order valence-electron chi connectivity index (χ3n) is 4.01. The summed E-state index contributed by atoms with van der Waals surface area (Å²) in [6.07, 6.45) is -3.41. The van der Waals surface area contributed by atoms with Crippen LogP contribution in [0.1, 0.15) is 19.4 Å². The summed E-state index contributed by atoms with van der Waals surface area (Å²) < 4.78 is 41.1. The van der Waals surface area contributed by atoms with Crippen molar-refractivity contribution in [3.63, 3.8) is 0 Å². The van der Waals surface area contributed by atoms with Crippen molar-refractivity contribution < 1.29 is 18.3 Å². The Morgan fingerprint density at radius 3 is 2.50 bits per heavy atom. The molecule has 2 aromatic heterocycles. The molecule has 0 aliphatic carbocycles. The number of pyridine rings is 1. The van der Waals surface area contributed by atoms with E-state index in [2.05, 4.69) is 10.3 Å². The highest BCUT2D eigenvalue weighted by atomic mass is 35.5. The Kier molecular flexibility index (Phi) is 5.12. The molecule has 0 aliphatic heterocycles. The molecule has 148 valence electrons. The molecular weight excluding hydrogens is 395 g/mol. The highest BCUT2D eigenvalue weighted by Gasteiger charge is 2.31. The Morgan fingerprint density at radius 1 is 1.21 bits per heavy atom. The van der Waals surface area contributed by atoms with Crippen LogP contribution in [0.2, 0.25) is 5.02 Å². The Labute approximate surface area is 163 Å². The number of nitrogens with one attached hydrogen (secondary N) is 1. The van der Waals surface area contributed by atoms with Gasteiger partial charge in [-0.15, -0.1) is 0 Å². The molecule has 0 saturated heterocycles. The highest BCUT2D eigenvalue weighted by Crippen LogP contribution is 2.34. The molecule has 0 aliphatic rings. The number of nitrogens with zero attached hydrogens (tertiary/aromatic N) is 2. The van der Waals surface area contributed by atoms with E-state index in [0.717, 1.165) is 12.1 Å². The third-order valence-corrected chi connectivity index (χ3v) is 4.34. The number of benzene rings is 1. The zero-order valence-electron chi connectivity index (χ0n) is 15.0. The van der Waals surface area contributed by atoms with Crippen LogP contribution < -0.4 is 10.9 Å². The maximum Gasteiger partial charge on any atom is 0.416 e. The minimum Gasteiger partial charge on any atom is -0.389 e. The van der Waals surface area contributed by atoms with Gasteiger partial charge in [0.15, 0.2) is 0 Å². The molecule has 0 unspecified atom stereocenters. The summed E-state index contributed by atoms with van der Waals surface area (Å²) in [5.41, 5.74) is -2.50. The first-order chi connectivity index (χ1) is 13.0. The second-order valence-corrected chi connectivity index (χ2v) is 7.34. The predicted octanol–water partition coefficient (Wildman–Crippen LogP) is 4.22. The third kappa shape index (κ3) is 4.13. The molecule has 9 heteroatoms. The van der Waals surface area contributed by atoms with Crippen molar-refractivity contribution in [2.75, 3.05) is 11.9 Å². The molecule has 2 heterocycles. The van der Waals surface area contributed by atoms with Crippen LogP contribution in [0, 0.1) is 0 Å². The van der Waals surface area contributed by atoms with Crippen LogP contribution in [-0.2, 0) is 6.18 Å². The lowest BCUT2D eigenvalue weighted by Crippen LogP contribution is -2.31. The fourth-order valence-corrected chi connectivity index (χ4v) is 2.94. The molecule has 0 amide bonds. The molecule has 0 radical (unpaired) electrons. The van der Waals surface area contributed by atoms with Crippen LogP contribution in [0.15, 0.2) is 47.4 Å². The molecule has 2 N–H and O–H groups in total. The first-order valence-corrected chi connectivity index (χ1v) is 8.70. The van der Waals surface area contributed by atoms with Crippen LogP contribution in [0.5, 0.6) is 0 Å². The van der Waals surface area contributed by atoms with Crippen molar-refractivity contribution in [2.24, 2.45) is 0 Å². The smallest absolute Gasteiger partial charge is 0.389 e. The van der Waals surface area contributed by atoms with E-state index in [0.29, 0.717) is 0 Å². The van der Waals surface area contributed by atoms with Gasteiger partial charge >= 0.3 is 6.18 Å². The molecule has 0 bridgehead atoms. The van der Waals surface area contributed by atoms with Gasteiger partial charge in [-0.05, 0) is 32.0 Å². The second kappa shape index (κ2) is 7.10. The fourth-order valence-electron chi connectivity index (χ4n) is 2.71. The summed E-state index contributed by atoms with van der Waals surface area (Å²) in [6.45, 7) is 3.13. The summed E-state index contributed by atoms with van der Waals surface area (Å²) in [5.74, 6) is 0.0200. The van der Waals surface area contributed by atoms with Crippen LogP contribution in [0.3, 0.4) is 0 Å². The average Bonchev–Trinajstić information content (AvgIpc) is 2.59. The largest absolute Gasteiger partial charge is 0.416 e. The van der Waals surface area contributed by atoms with Gasteiger partial charge in [-0.2, -0.15) is 18.2 Å². The maximum atomic E-state index is 13.3. The topological polar surface area (TPSA) is 66.6 Å². The van der Waals surface area contributed by atoms with Crippen LogP contribution in [-0.4, -0.2) is 26.6 Å². The molecule has 0 saturated carbocycles. The van der Waals surface area contributed by atoms with E-state index in [1.165, 1.54) is 10.6 Å². The lowest BCUT2D eigenvalue weighted by Gasteiger charge is -2.20. The van der Waals surface area contributed by atoms with Gasteiger partial charge in [0, 0.05) is 23.3 Å². The van der Waals surface area contributed by atoms with Crippen molar-refractivity contribution in [1.29, 1.82) is 0 Å². The number of hydrogen-bond donors (Lipinski definition) is 2. The number of fused-ring (bicyclic) bond motifs is 1. The van der Waals surface area contributed by atoms with E-state index in [4.69, 9.17) is 11.6 Å². The van der Waals surface area contributed by atoms with Crippen molar-refractivity contribution >= 4 is 23.1 Å². The van der Waals surface area contributed by atoms with Gasteiger partial charge in [0.2, 0.25) is 5.95 Å². The first-order valence-electron chi connectivity index (χ1n) is 8.32. The molecule has 0 fully saturated rings. The normalized spacial score (nSPS) is 12.4. The number of hydrogen-bond acceptors (Lipinski definition) is 4. The molecular formula is C19H17ClF3N3O2. The maximum absolute atomic E-state index is 13.3. The van der Waals surface area contributed by atoms with Gasteiger partial charge in [-0.25, -0.2) is 0 Å². The average molecular weight is 412 g/mol. The van der Waals surface area contributed by atoms with Crippen molar-refractivity contribution in [3.8, 4) is 11.1 Å². The number of alkyl halides is 3. The minimum atomic E-state index is -4.58. The summed E-state index contributed by atoms with van der Waals surface area (Å²) in [7, 11) is 0. The van der Waals surface area contributed by atoms with E-state index in [1.807, 2.05) is 0 Å². The van der Waals surface area contributed by atoms with E-state index in [9.17, 15) is 23.1 Å². The standard InChI is InChI=1S/C19H17ClF3N3O2/c1-18(2,28)10-24-17-25-16(27)15(12-5-3-4-6-13(12)20)14-9-11(19(21,22)23)7-8-26(14)17/h3-9,28H,10H2,1-2H3,(H,24,25,27). The van der Waals surface area contributed by atoms with Gasteiger partial charge in [0.05, 0.1) is 22.2 Å². The molecule has 28 heavy (non-hydrogen) atoms. The van der Waals surface area contributed by atoms with Gasteiger partial charge < -0.3 is 10.4 Å². The Bertz CT molecular complexity index is 1090. The van der Waals surface area contributed by atoms with Gasteiger partial charge in [0.1, 0.15) is 0 Å². The quantitative estimate of drug-likeness (QED) is 0.674. The minimum absolute atomic E-state index is 0.00108. The van der Waals surface area contributed by atoms with Gasteiger partial charge in [-0.1, -0.05) is 29.8 Å². The number of anilines is 1.